The summed E-state index contributed by atoms with van der Waals surface area (Å²) in [6.45, 7) is 5.38. The minimum absolute atomic E-state index is 0.323. The van der Waals surface area contributed by atoms with Crippen LogP contribution in [0.5, 0.6) is 0 Å². The van der Waals surface area contributed by atoms with Crippen molar-refractivity contribution in [3.63, 3.8) is 0 Å². The first-order valence-corrected chi connectivity index (χ1v) is 6.98. The first-order valence-electron chi connectivity index (χ1n) is 4.19. The van der Waals surface area contributed by atoms with E-state index in [1.54, 1.807) is 13.3 Å². The molecule has 0 rings (SSSR count). The Bertz CT molecular complexity index is 201. The van der Waals surface area contributed by atoms with Gasteiger partial charge in [-0.3, -0.25) is 0 Å². The second kappa shape index (κ2) is 7.15. The predicted molar refractivity (Wildman–Crippen MR) is 54.8 cm³/mol. The molecule has 0 aromatic heterocycles. The summed E-state index contributed by atoms with van der Waals surface area (Å²) >= 11 is 0. The van der Waals surface area contributed by atoms with Gasteiger partial charge in [0.1, 0.15) is 6.61 Å². The van der Waals surface area contributed by atoms with Crippen molar-refractivity contribution in [2.75, 3.05) is 45.9 Å². The number of hydrogen-bond donors (Lipinski definition) is 0. The molecule has 0 unspecified atom stereocenters. The molecule has 0 aromatic carbocycles. The molecule has 0 aliphatic rings. The van der Waals surface area contributed by atoms with E-state index in [1.165, 1.54) is 0 Å². The summed E-state index contributed by atoms with van der Waals surface area (Å²) in [5, 5.41) is 0. The molecule has 0 radical (unpaired) electrons. The van der Waals surface area contributed by atoms with Crippen LogP contribution in [0.15, 0.2) is 0 Å². The Morgan fingerprint density at radius 2 is 1.85 bits per heavy atom. The van der Waals surface area contributed by atoms with E-state index < -0.39 is 7.14 Å². The summed E-state index contributed by atoms with van der Waals surface area (Å²) in [7, 11) is -1.93. The van der Waals surface area contributed by atoms with Crippen LogP contribution in [-0.4, -0.2) is 45.9 Å². The second-order valence-electron chi connectivity index (χ2n) is 3.17. The van der Waals surface area contributed by atoms with E-state index >= 15 is 0 Å². The lowest BCUT2D eigenvalue weighted by Gasteiger charge is -2.06. The normalized spacial score (nSPS) is 11.2. The maximum absolute atomic E-state index is 11.2. The molecule has 0 aromatic rings. The standard InChI is InChI=1S/C9H17O3P/c1-4-5-11-6-7-12-8-9-13(2,3)10/h1H,5-9H2,2-3H3. The SMILES string of the molecule is C#CCOCCOCCP(C)(C)=O. The van der Waals surface area contributed by atoms with Crippen molar-refractivity contribution in [3.8, 4) is 12.3 Å². The van der Waals surface area contributed by atoms with Gasteiger partial charge in [-0.05, 0) is 13.3 Å². The van der Waals surface area contributed by atoms with Gasteiger partial charge in [-0.1, -0.05) is 5.92 Å². The van der Waals surface area contributed by atoms with Crippen molar-refractivity contribution in [1.82, 2.24) is 0 Å². The average molecular weight is 204 g/mol. The predicted octanol–water partition coefficient (Wildman–Crippen LogP) is 1.28. The van der Waals surface area contributed by atoms with Crippen molar-refractivity contribution in [2.45, 2.75) is 0 Å². The molecule has 76 valence electrons. The zero-order valence-corrected chi connectivity index (χ0v) is 9.18. The Morgan fingerprint density at radius 3 is 2.38 bits per heavy atom. The van der Waals surface area contributed by atoms with Gasteiger partial charge in [0.05, 0.1) is 27.0 Å². The molecule has 0 heterocycles. The van der Waals surface area contributed by atoms with Crippen LogP contribution in [0.1, 0.15) is 0 Å². The van der Waals surface area contributed by atoms with E-state index in [1.807, 2.05) is 0 Å². The Labute approximate surface area is 80.2 Å². The fourth-order valence-electron chi connectivity index (χ4n) is 0.635. The fourth-order valence-corrected chi connectivity index (χ4v) is 1.20. The molecular formula is C9H17O3P. The van der Waals surface area contributed by atoms with E-state index in [4.69, 9.17) is 15.9 Å². The summed E-state index contributed by atoms with van der Waals surface area (Å²) in [5.41, 5.74) is 0. The Hall–Kier alpha value is -0.290. The lowest BCUT2D eigenvalue weighted by molar-refractivity contribution is 0.0669. The highest BCUT2D eigenvalue weighted by Crippen LogP contribution is 2.34. The number of hydrogen-bond acceptors (Lipinski definition) is 3. The monoisotopic (exact) mass is 204 g/mol. The lowest BCUT2D eigenvalue weighted by Crippen LogP contribution is -2.07. The molecule has 0 bridgehead atoms. The Kier molecular flexibility index (Phi) is 6.99. The minimum Gasteiger partial charge on any atom is -0.379 e. The highest BCUT2D eigenvalue weighted by atomic mass is 31.2. The van der Waals surface area contributed by atoms with Gasteiger partial charge in [-0.15, -0.1) is 6.42 Å². The summed E-state index contributed by atoms with van der Waals surface area (Å²) < 4.78 is 21.4. The third kappa shape index (κ3) is 11.7. The van der Waals surface area contributed by atoms with Crippen LogP contribution < -0.4 is 0 Å². The van der Waals surface area contributed by atoms with Crippen LogP contribution in [0, 0.1) is 12.3 Å². The molecular weight excluding hydrogens is 187 g/mol. The largest absolute Gasteiger partial charge is 0.379 e. The summed E-state index contributed by atoms with van der Waals surface area (Å²) in [6, 6.07) is 0. The topological polar surface area (TPSA) is 35.5 Å². The maximum atomic E-state index is 11.2. The van der Waals surface area contributed by atoms with Crippen LogP contribution >= 0.6 is 7.14 Å². The molecule has 0 aliphatic heterocycles. The molecule has 0 spiro atoms. The van der Waals surface area contributed by atoms with Crippen LogP contribution in [0.3, 0.4) is 0 Å². The van der Waals surface area contributed by atoms with E-state index in [0.717, 1.165) is 0 Å². The molecule has 0 saturated carbocycles. The molecule has 0 N–H and O–H groups in total. The van der Waals surface area contributed by atoms with Crippen LogP contribution in [-0.2, 0) is 14.0 Å². The van der Waals surface area contributed by atoms with Gasteiger partial charge in [0.15, 0.2) is 0 Å². The minimum atomic E-state index is -1.93. The van der Waals surface area contributed by atoms with Crippen molar-refractivity contribution in [1.29, 1.82) is 0 Å². The van der Waals surface area contributed by atoms with Gasteiger partial charge < -0.3 is 14.0 Å². The zero-order valence-electron chi connectivity index (χ0n) is 8.28. The molecule has 0 saturated heterocycles. The van der Waals surface area contributed by atoms with Gasteiger partial charge in [0.25, 0.3) is 0 Å². The van der Waals surface area contributed by atoms with Crippen molar-refractivity contribution in [3.05, 3.63) is 0 Å². The average Bonchev–Trinajstić information content (AvgIpc) is 2.01. The highest BCUT2D eigenvalue weighted by molar-refractivity contribution is 7.62. The second-order valence-corrected chi connectivity index (χ2v) is 6.76. The molecule has 4 heteroatoms. The van der Waals surface area contributed by atoms with Gasteiger partial charge in [-0.2, -0.15) is 0 Å². The summed E-state index contributed by atoms with van der Waals surface area (Å²) in [5.74, 6) is 2.36. The number of rotatable bonds is 7. The van der Waals surface area contributed by atoms with Crippen molar-refractivity contribution in [2.24, 2.45) is 0 Å². The smallest absolute Gasteiger partial charge is 0.107 e. The first kappa shape index (κ1) is 12.7. The van der Waals surface area contributed by atoms with Gasteiger partial charge in [0, 0.05) is 6.16 Å². The van der Waals surface area contributed by atoms with Crippen molar-refractivity contribution >= 4 is 7.14 Å². The van der Waals surface area contributed by atoms with Crippen LogP contribution in [0.2, 0.25) is 0 Å². The summed E-state index contributed by atoms with van der Waals surface area (Å²) in [6.07, 6.45) is 5.60. The van der Waals surface area contributed by atoms with Crippen LogP contribution in [0.4, 0.5) is 0 Å². The van der Waals surface area contributed by atoms with Gasteiger partial charge >= 0.3 is 0 Å². The van der Waals surface area contributed by atoms with E-state index in [2.05, 4.69) is 5.92 Å². The van der Waals surface area contributed by atoms with Crippen molar-refractivity contribution < 1.29 is 14.0 Å². The fraction of sp³-hybridized carbons (Fsp3) is 0.778. The van der Waals surface area contributed by atoms with E-state index in [0.29, 0.717) is 32.6 Å². The maximum Gasteiger partial charge on any atom is 0.107 e. The molecule has 13 heavy (non-hydrogen) atoms. The third-order valence-electron chi connectivity index (χ3n) is 1.33. The molecule has 0 fully saturated rings. The lowest BCUT2D eigenvalue weighted by atomic mass is 10.7. The highest BCUT2D eigenvalue weighted by Gasteiger charge is 2.05. The third-order valence-corrected chi connectivity index (χ3v) is 2.59. The Balaban J connectivity index is 3.10. The quantitative estimate of drug-likeness (QED) is 0.356. The zero-order chi connectivity index (χ0) is 10.2. The summed E-state index contributed by atoms with van der Waals surface area (Å²) in [4.78, 5) is 0. The van der Waals surface area contributed by atoms with Crippen LogP contribution in [0.25, 0.3) is 0 Å². The first-order chi connectivity index (χ1) is 6.06. The van der Waals surface area contributed by atoms with Gasteiger partial charge in [0.2, 0.25) is 0 Å². The molecule has 0 atom stereocenters. The molecule has 0 aliphatic carbocycles. The number of terminal acetylenes is 1. The van der Waals surface area contributed by atoms with E-state index in [-0.39, 0.29) is 0 Å². The van der Waals surface area contributed by atoms with E-state index in [9.17, 15) is 4.57 Å². The molecule has 0 amide bonds. The Morgan fingerprint density at radius 1 is 1.23 bits per heavy atom. The van der Waals surface area contributed by atoms with Gasteiger partial charge in [-0.25, -0.2) is 0 Å². The molecule has 3 nitrogen and oxygen atoms in total. The number of ether oxygens (including phenoxy) is 2.